The molecule has 0 aliphatic heterocycles. The monoisotopic (exact) mass is 359 g/mol. The Morgan fingerprint density at radius 2 is 1.63 bits per heavy atom. The van der Waals surface area contributed by atoms with Crippen molar-refractivity contribution in [3.63, 3.8) is 0 Å². The van der Waals surface area contributed by atoms with Crippen LogP contribution < -0.4 is 15.5 Å². The first kappa shape index (κ1) is 16.8. The van der Waals surface area contributed by atoms with Gasteiger partial charge in [-0.15, -0.1) is 0 Å². The molecule has 0 spiro atoms. The summed E-state index contributed by atoms with van der Waals surface area (Å²) >= 11 is 0. The van der Waals surface area contributed by atoms with Gasteiger partial charge in [-0.05, 0) is 36.4 Å². The van der Waals surface area contributed by atoms with E-state index in [0.717, 1.165) is 0 Å². The minimum absolute atomic E-state index is 0.0377. The van der Waals surface area contributed by atoms with E-state index >= 15 is 0 Å². The average molecular weight is 359 g/mol. The smallest absolute Gasteiger partial charge is 0.245 e. The van der Waals surface area contributed by atoms with Crippen molar-refractivity contribution < 1.29 is 9.53 Å². The Balaban J connectivity index is 1.80. The largest absolute Gasteiger partial charge is 0.493 e. The summed E-state index contributed by atoms with van der Waals surface area (Å²) in [4.78, 5) is 29.6. The van der Waals surface area contributed by atoms with Gasteiger partial charge in [0.25, 0.3) is 0 Å². The highest BCUT2D eigenvalue weighted by Gasteiger charge is 2.14. The van der Waals surface area contributed by atoms with Crippen LogP contribution in [-0.2, 0) is 11.3 Å². The number of methoxy groups -OCH3 is 1. The number of carbonyl (C=O) groups is 1. The Labute approximate surface area is 155 Å². The number of rotatable bonds is 4. The van der Waals surface area contributed by atoms with E-state index in [0.29, 0.717) is 33.4 Å². The number of nitrogens with one attached hydrogen (secondary N) is 1. The molecule has 0 saturated carbocycles. The lowest BCUT2D eigenvalue weighted by Crippen LogP contribution is -2.22. The maximum atomic E-state index is 12.8. The number of carbonyl (C=O) groups excluding carboxylic acids is 1. The van der Waals surface area contributed by atoms with Crippen LogP contribution in [0.1, 0.15) is 0 Å². The Hall–Kier alpha value is -3.67. The molecule has 6 heteroatoms. The first-order valence-electron chi connectivity index (χ1n) is 8.48. The van der Waals surface area contributed by atoms with Crippen LogP contribution in [0.2, 0.25) is 0 Å². The van der Waals surface area contributed by atoms with Gasteiger partial charge in [0.05, 0.1) is 18.1 Å². The number of nitrogens with zero attached hydrogens (tertiary/aromatic N) is 2. The van der Waals surface area contributed by atoms with Crippen molar-refractivity contribution in [3.05, 3.63) is 77.1 Å². The standard InChI is InChI=1S/C21H17N3O3/c1-27-18-11-6-12-22-21(18)23-19(25)13-24-16-9-4-2-7-14(16)20(26)15-8-3-5-10-17(15)24/h2-12H,13H2,1H3,(H,22,23,25). The molecule has 1 amide bonds. The summed E-state index contributed by atoms with van der Waals surface area (Å²) in [6, 6.07) is 18.1. The normalized spacial score (nSPS) is 10.9. The SMILES string of the molecule is COc1cccnc1NC(=O)Cn1c2ccccc2c(=O)c2ccccc21. The summed E-state index contributed by atoms with van der Waals surface area (Å²) in [5.74, 6) is 0.589. The minimum atomic E-state index is -0.258. The first-order valence-corrected chi connectivity index (χ1v) is 8.48. The predicted octanol–water partition coefficient (Wildman–Crippen LogP) is 3.20. The fourth-order valence-corrected chi connectivity index (χ4v) is 3.21. The Morgan fingerprint density at radius 1 is 1.00 bits per heavy atom. The number of aromatic nitrogens is 2. The minimum Gasteiger partial charge on any atom is -0.493 e. The number of benzene rings is 2. The predicted molar refractivity (Wildman–Crippen MR) is 105 cm³/mol. The molecule has 134 valence electrons. The summed E-state index contributed by atoms with van der Waals surface area (Å²) in [5.41, 5.74) is 1.39. The topological polar surface area (TPSA) is 73.2 Å². The van der Waals surface area contributed by atoms with Crippen LogP contribution >= 0.6 is 0 Å². The number of anilines is 1. The molecule has 6 nitrogen and oxygen atoms in total. The first-order chi connectivity index (χ1) is 13.2. The molecule has 0 atom stereocenters. The molecule has 4 rings (SSSR count). The summed E-state index contributed by atoms with van der Waals surface area (Å²) < 4.78 is 7.07. The molecule has 2 aromatic carbocycles. The number of fused-ring (bicyclic) bond motifs is 2. The third-order valence-corrected chi connectivity index (χ3v) is 4.43. The number of amides is 1. The van der Waals surface area contributed by atoms with E-state index in [2.05, 4.69) is 10.3 Å². The summed E-state index contributed by atoms with van der Waals surface area (Å²) in [6.07, 6.45) is 1.59. The molecule has 2 heterocycles. The van der Waals surface area contributed by atoms with Gasteiger partial charge >= 0.3 is 0 Å². The number of pyridine rings is 2. The van der Waals surface area contributed by atoms with Gasteiger partial charge < -0.3 is 14.6 Å². The van der Waals surface area contributed by atoms with Crippen molar-refractivity contribution in [1.29, 1.82) is 0 Å². The maximum Gasteiger partial charge on any atom is 0.245 e. The van der Waals surface area contributed by atoms with Crippen LogP contribution in [0.25, 0.3) is 21.8 Å². The third-order valence-electron chi connectivity index (χ3n) is 4.43. The molecule has 27 heavy (non-hydrogen) atoms. The highest BCUT2D eigenvalue weighted by molar-refractivity contribution is 5.97. The molecule has 4 aromatic rings. The van der Waals surface area contributed by atoms with E-state index in [1.807, 2.05) is 41.0 Å². The maximum absolute atomic E-state index is 12.8. The Kier molecular flexibility index (Phi) is 4.30. The Bertz CT molecular complexity index is 1150. The van der Waals surface area contributed by atoms with E-state index in [4.69, 9.17) is 4.74 Å². The van der Waals surface area contributed by atoms with Gasteiger partial charge in [-0.2, -0.15) is 0 Å². The van der Waals surface area contributed by atoms with E-state index in [9.17, 15) is 9.59 Å². The zero-order valence-corrected chi connectivity index (χ0v) is 14.7. The van der Waals surface area contributed by atoms with E-state index in [-0.39, 0.29) is 17.9 Å². The number of ether oxygens (including phenoxy) is 1. The fraction of sp³-hybridized carbons (Fsp3) is 0.0952. The van der Waals surface area contributed by atoms with Crippen molar-refractivity contribution in [2.75, 3.05) is 12.4 Å². The van der Waals surface area contributed by atoms with Gasteiger partial charge in [-0.25, -0.2) is 4.98 Å². The van der Waals surface area contributed by atoms with Crippen LogP contribution in [0.15, 0.2) is 71.7 Å². The van der Waals surface area contributed by atoms with Crippen LogP contribution in [0.5, 0.6) is 5.75 Å². The van der Waals surface area contributed by atoms with E-state index < -0.39 is 0 Å². The molecule has 0 radical (unpaired) electrons. The second kappa shape index (κ2) is 6.92. The molecule has 1 N–H and O–H groups in total. The summed E-state index contributed by atoms with van der Waals surface area (Å²) in [5, 5.41) is 3.95. The molecule has 0 unspecified atom stereocenters. The van der Waals surface area contributed by atoms with Crippen LogP contribution in [0, 0.1) is 0 Å². The quantitative estimate of drug-likeness (QED) is 0.568. The highest BCUT2D eigenvalue weighted by atomic mass is 16.5. The van der Waals surface area contributed by atoms with Crippen LogP contribution in [0.3, 0.4) is 0 Å². The summed E-state index contributed by atoms with van der Waals surface area (Å²) in [6.45, 7) is 0.0427. The Morgan fingerprint density at radius 3 is 2.26 bits per heavy atom. The summed E-state index contributed by atoms with van der Waals surface area (Å²) in [7, 11) is 1.52. The van der Waals surface area contributed by atoms with Crippen molar-refractivity contribution in [1.82, 2.24) is 9.55 Å². The van der Waals surface area contributed by atoms with E-state index in [1.54, 1.807) is 30.5 Å². The molecular weight excluding hydrogens is 342 g/mol. The van der Waals surface area contributed by atoms with Crippen molar-refractivity contribution in [2.24, 2.45) is 0 Å². The second-order valence-corrected chi connectivity index (χ2v) is 6.05. The van der Waals surface area contributed by atoms with Gasteiger partial charge in [0.1, 0.15) is 6.54 Å². The average Bonchev–Trinajstić information content (AvgIpc) is 2.71. The van der Waals surface area contributed by atoms with Gasteiger partial charge in [-0.1, -0.05) is 24.3 Å². The second-order valence-electron chi connectivity index (χ2n) is 6.05. The molecule has 2 aromatic heterocycles. The number of hydrogen-bond acceptors (Lipinski definition) is 4. The molecule has 0 aliphatic carbocycles. The molecule has 0 fully saturated rings. The van der Waals surface area contributed by atoms with Gasteiger partial charge in [0.2, 0.25) is 5.91 Å². The van der Waals surface area contributed by atoms with Crippen molar-refractivity contribution >= 4 is 33.5 Å². The molecule has 0 aliphatic rings. The van der Waals surface area contributed by atoms with Crippen LogP contribution in [-0.4, -0.2) is 22.6 Å². The fourth-order valence-electron chi connectivity index (χ4n) is 3.21. The van der Waals surface area contributed by atoms with Crippen molar-refractivity contribution in [3.8, 4) is 5.75 Å². The van der Waals surface area contributed by atoms with Gasteiger partial charge in [0.15, 0.2) is 17.0 Å². The van der Waals surface area contributed by atoms with E-state index in [1.165, 1.54) is 7.11 Å². The third kappa shape index (κ3) is 3.01. The molecule has 0 saturated heterocycles. The lowest BCUT2D eigenvalue weighted by atomic mass is 10.1. The molecule has 0 bridgehead atoms. The highest BCUT2D eigenvalue weighted by Crippen LogP contribution is 2.22. The number of hydrogen-bond donors (Lipinski definition) is 1. The van der Waals surface area contributed by atoms with Gasteiger partial charge in [0, 0.05) is 17.0 Å². The van der Waals surface area contributed by atoms with Crippen molar-refractivity contribution in [2.45, 2.75) is 6.54 Å². The zero-order valence-electron chi connectivity index (χ0n) is 14.7. The lowest BCUT2D eigenvalue weighted by molar-refractivity contribution is -0.116. The zero-order chi connectivity index (χ0) is 18.8. The lowest BCUT2D eigenvalue weighted by Gasteiger charge is -2.15. The van der Waals surface area contributed by atoms with Gasteiger partial charge in [-0.3, -0.25) is 9.59 Å². The molecular formula is C21H17N3O3. The van der Waals surface area contributed by atoms with Crippen LogP contribution in [0.4, 0.5) is 5.82 Å². The number of para-hydroxylation sites is 2.